The van der Waals surface area contributed by atoms with Gasteiger partial charge < -0.3 is 4.90 Å². The van der Waals surface area contributed by atoms with Crippen molar-refractivity contribution in [3.8, 4) is 12.3 Å². The van der Waals surface area contributed by atoms with Crippen LogP contribution < -0.4 is 0 Å². The number of amides is 1. The first-order chi connectivity index (χ1) is 9.76. The van der Waals surface area contributed by atoms with Gasteiger partial charge in [0.25, 0.3) is 0 Å². The van der Waals surface area contributed by atoms with Gasteiger partial charge in [-0.2, -0.15) is 0 Å². The zero-order valence-electron chi connectivity index (χ0n) is 11.2. The predicted molar refractivity (Wildman–Crippen MR) is 79.0 cm³/mol. The number of hydrogen-bond donors (Lipinski definition) is 0. The summed E-state index contributed by atoms with van der Waals surface area (Å²) in [7, 11) is 0. The van der Waals surface area contributed by atoms with E-state index in [-0.39, 0.29) is 11.8 Å². The average Bonchev–Trinajstić information content (AvgIpc) is 2.85. The smallest absolute Gasteiger partial charge is 0.223 e. The summed E-state index contributed by atoms with van der Waals surface area (Å²) < 4.78 is 0. The van der Waals surface area contributed by atoms with Gasteiger partial charge in [-0.05, 0) is 11.5 Å². The molecule has 3 heteroatoms. The zero-order valence-corrected chi connectivity index (χ0v) is 11.2. The topological polar surface area (TPSA) is 33.2 Å². The van der Waals surface area contributed by atoms with E-state index in [1.165, 1.54) is 5.39 Å². The number of pyridine rings is 1. The normalized spacial score (nSPS) is 18.4. The number of fused-ring (bicyclic) bond motifs is 1. The van der Waals surface area contributed by atoms with Crippen molar-refractivity contribution in [3.63, 3.8) is 0 Å². The van der Waals surface area contributed by atoms with Gasteiger partial charge in [0.05, 0.1) is 0 Å². The zero-order chi connectivity index (χ0) is 13.9. The highest BCUT2D eigenvalue weighted by Gasteiger charge is 2.27. The van der Waals surface area contributed by atoms with Gasteiger partial charge in [0.15, 0.2) is 0 Å². The molecule has 100 valence electrons. The third-order valence-electron chi connectivity index (χ3n) is 3.78. The summed E-state index contributed by atoms with van der Waals surface area (Å²) in [6.07, 6.45) is 8.54. The van der Waals surface area contributed by atoms with E-state index in [4.69, 9.17) is 6.42 Å². The quantitative estimate of drug-likeness (QED) is 0.797. The first-order valence-electron chi connectivity index (χ1n) is 6.84. The second-order valence-electron chi connectivity index (χ2n) is 5.18. The van der Waals surface area contributed by atoms with Crippen molar-refractivity contribution in [2.45, 2.75) is 12.8 Å². The van der Waals surface area contributed by atoms with Gasteiger partial charge >= 0.3 is 0 Å². The van der Waals surface area contributed by atoms with Crippen molar-refractivity contribution in [2.24, 2.45) is 5.92 Å². The molecule has 3 nitrogen and oxygen atoms in total. The van der Waals surface area contributed by atoms with E-state index in [1.807, 2.05) is 29.3 Å². The van der Waals surface area contributed by atoms with Crippen molar-refractivity contribution in [3.05, 3.63) is 42.2 Å². The van der Waals surface area contributed by atoms with E-state index >= 15 is 0 Å². The van der Waals surface area contributed by atoms with E-state index < -0.39 is 0 Å². The Kier molecular flexibility index (Phi) is 3.39. The predicted octanol–water partition coefficient (Wildman–Crippen LogP) is 2.26. The molecule has 20 heavy (non-hydrogen) atoms. The van der Waals surface area contributed by atoms with E-state index in [0.29, 0.717) is 19.5 Å². The van der Waals surface area contributed by atoms with Crippen LogP contribution in [-0.2, 0) is 11.2 Å². The number of likely N-dealkylation sites (tertiary alicyclic amines) is 1. The summed E-state index contributed by atoms with van der Waals surface area (Å²) in [6, 6.07) is 10.2. The summed E-state index contributed by atoms with van der Waals surface area (Å²) in [5, 5.41) is 2.33. The molecular weight excluding hydrogens is 248 g/mol. The molecule has 3 rings (SSSR count). The van der Waals surface area contributed by atoms with Gasteiger partial charge in [0.1, 0.15) is 0 Å². The molecule has 0 bridgehead atoms. The fraction of sp³-hybridized carbons (Fsp3) is 0.294. The fourth-order valence-electron chi connectivity index (χ4n) is 2.62. The summed E-state index contributed by atoms with van der Waals surface area (Å²) in [6.45, 7) is 1.38. The first kappa shape index (κ1) is 12.7. The lowest BCUT2D eigenvalue weighted by molar-refractivity contribution is -0.127. The molecule has 2 aromatic rings. The average molecular weight is 264 g/mol. The van der Waals surface area contributed by atoms with Gasteiger partial charge in [-0.15, -0.1) is 12.3 Å². The monoisotopic (exact) mass is 264 g/mol. The summed E-state index contributed by atoms with van der Waals surface area (Å²) in [5.41, 5.74) is 1.01. The standard InChI is InChI=1S/C17H16N2O/c1-2-13-9-17(20)19(12-13)8-7-16-10-14-5-3-4-6-15(14)11-18-16/h1,3-6,10-11,13H,7-9,12H2. The fourth-order valence-corrected chi connectivity index (χ4v) is 2.62. The SMILES string of the molecule is C#CC1CC(=O)N(CCc2cc3ccccc3cn2)C1. The van der Waals surface area contributed by atoms with Crippen LogP contribution >= 0.6 is 0 Å². The molecule has 1 unspecified atom stereocenters. The number of hydrogen-bond acceptors (Lipinski definition) is 2. The van der Waals surface area contributed by atoms with E-state index in [0.717, 1.165) is 17.5 Å². The van der Waals surface area contributed by atoms with Crippen LogP contribution in [0.4, 0.5) is 0 Å². The molecule has 1 saturated heterocycles. The Balaban J connectivity index is 1.68. The molecule has 0 radical (unpaired) electrons. The lowest BCUT2D eigenvalue weighted by atomic mass is 10.1. The van der Waals surface area contributed by atoms with Gasteiger partial charge in [-0.3, -0.25) is 9.78 Å². The third-order valence-corrected chi connectivity index (χ3v) is 3.78. The molecule has 0 N–H and O–H groups in total. The molecule has 0 aliphatic carbocycles. The van der Waals surface area contributed by atoms with Crippen LogP contribution in [0.2, 0.25) is 0 Å². The number of aromatic nitrogens is 1. The highest BCUT2D eigenvalue weighted by Crippen LogP contribution is 2.18. The van der Waals surface area contributed by atoms with E-state index in [1.54, 1.807) is 0 Å². The molecule has 1 aromatic carbocycles. The first-order valence-corrected chi connectivity index (χ1v) is 6.84. The minimum Gasteiger partial charge on any atom is -0.341 e. The Morgan fingerprint density at radius 1 is 1.35 bits per heavy atom. The van der Waals surface area contributed by atoms with Crippen LogP contribution in [0.3, 0.4) is 0 Å². The Morgan fingerprint density at radius 2 is 2.15 bits per heavy atom. The number of carbonyl (C=O) groups excluding carboxylic acids is 1. The van der Waals surface area contributed by atoms with Crippen LogP contribution in [0.5, 0.6) is 0 Å². The lowest BCUT2D eigenvalue weighted by Crippen LogP contribution is -2.27. The molecule has 1 aromatic heterocycles. The molecular formula is C17H16N2O. The van der Waals surface area contributed by atoms with Crippen molar-refractivity contribution < 1.29 is 4.79 Å². The lowest BCUT2D eigenvalue weighted by Gasteiger charge is -2.15. The molecule has 2 heterocycles. The molecule has 0 saturated carbocycles. The molecule has 1 atom stereocenters. The summed E-state index contributed by atoms with van der Waals surface area (Å²) >= 11 is 0. The van der Waals surface area contributed by atoms with Crippen LogP contribution in [0.25, 0.3) is 10.8 Å². The third kappa shape index (κ3) is 2.50. The molecule has 1 amide bonds. The highest BCUT2D eigenvalue weighted by molar-refractivity contribution is 5.82. The van der Waals surface area contributed by atoms with Crippen molar-refractivity contribution in [1.82, 2.24) is 9.88 Å². The number of carbonyl (C=O) groups is 1. The van der Waals surface area contributed by atoms with Crippen molar-refractivity contribution >= 4 is 16.7 Å². The van der Waals surface area contributed by atoms with Gasteiger partial charge in [0.2, 0.25) is 5.91 Å². The van der Waals surface area contributed by atoms with Crippen molar-refractivity contribution in [2.75, 3.05) is 13.1 Å². The molecule has 0 spiro atoms. The Labute approximate surface area is 118 Å². The highest BCUT2D eigenvalue weighted by atomic mass is 16.2. The van der Waals surface area contributed by atoms with Crippen LogP contribution in [-0.4, -0.2) is 28.9 Å². The minimum absolute atomic E-state index is 0.0760. The number of nitrogens with zero attached hydrogens (tertiary/aromatic N) is 2. The van der Waals surface area contributed by atoms with Gasteiger partial charge in [-0.1, -0.05) is 24.3 Å². The minimum atomic E-state index is 0.0760. The van der Waals surface area contributed by atoms with Gasteiger partial charge in [-0.25, -0.2) is 0 Å². The second-order valence-corrected chi connectivity index (χ2v) is 5.18. The number of rotatable bonds is 3. The van der Waals surface area contributed by atoms with Crippen LogP contribution in [0.15, 0.2) is 36.5 Å². The summed E-state index contributed by atoms with van der Waals surface area (Å²) in [5.74, 6) is 2.91. The summed E-state index contributed by atoms with van der Waals surface area (Å²) in [4.78, 5) is 18.1. The Hall–Kier alpha value is -2.34. The number of benzene rings is 1. The Bertz CT molecular complexity index is 687. The van der Waals surface area contributed by atoms with Crippen molar-refractivity contribution in [1.29, 1.82) is 0 Å². The Morgan fingerprint density at radius 3 is 2.90 bits per heavy atom. The molecule has 1 aliphatic rings. The van der Waals surface area contributed by atoms with Crippen LogP contribution in [0.1, 0.15) is 12.1 Å². The largest absolute Gasteiger partial charge is 0.341 e. The van der Waals surface area contributed by atoms with Gasteiger partial charge in [0, 0.05) is 49.1 Å². The maximum absolute atomic E-state index is 11.8. The number of terminal acetylenes is 1. The van der Waals surface area contributed by atoms with E-state index in [2.05, 4.69) is 23.0 Å². The maximum Gasteiger partial charge on any atom is 0.223 e. The second kappa shape index (κ2) is 5.34. The van der Waals surface area contributed by atoms with Crippen LogP contribution in [0, 0.1) is 18.3 Å². The maximum atomic E-state index is 11.8. The molecule has 1 aliphatic heterocycles. The van der Waals surface area contributed by atoms with E-state index in [9.17, 15) is 4.79 Å². The molecule has 1 fully saturated rings.